The Balaban J connectivity index is 2.71. The molecule has 0 aromatic carbocycles. The van der Waals surface area contributed by atoms with Crippen molar-refractivity contribution in [2.75, 3.05) is 39.1 Å². The second-order valence-corrected chi connectivity index (χ2v) is 3.91. The third kappa shape index (κ3) is 3.51. The summed E-state index contributed by atoms with van der Waals surface area (Å²) >= 11 is 0. The van der Waals surface area contributed by atoms with E-state index in [1.54, 1.807) is 6.07 Å². The van der Waals surface area contributed by atoms with Crippen LogP contribution in [0, 0.1) is 0 Å². The van der Waals surface area contributed by atoms with Crippen molar-refractivity contribution < 1.29 is 9.90 Å². The zero-order valence-corrected chi connectivity index (χ0v) is 9.84. The van der Waals surface area contributed by atoms with Crippen LogP contribution in [0.3, 0.4) is 0 Å². The maximum Gasteiger partial charge on any atom is 0.354 e. The Bertz CT molecular complexity index is 366. The quantitative estimate of drug-likeness (QED) is 0.799. The van der Waals surface area contributed by atoms with Gasteiger partial charge in [0.2, 0.25) is 0 Å². The average molecular weight is 223 g/mol. The van der Waals surface area contributed by atoms with Crippen molar-refractivity contribution >= 4 is 11.8 Å². The second-order valence-electron chi connectivity index (χ2n) is 3.91. The fourth-order valence-corrected chi connectivity index (χ4v) is 1.22. The molecule has 0 spiro atoms. The lowest BCUT2D eigenvalue weighted by molar-refractivity contribution is 0.0690. The Kier molecular flexibility index (Phi) is 4.25. The van der Waals surface area contributed by atoms with Crippen LogP contribution in [0.4, 0.5) is 5.82 Å². The van der Waals surface area contributed by atoms with E-state index in [-0.39, 0.29) is 5.69 Å². The topological polar surface area (TPSA) is 56.7 Å². The van der Waals surface area contributed by atoms with Gasteiger partial charge in [0.1, 0.15) is 5.82 Å². The summed E-state index contributed by atoms with van der Waals surface area (Å²) in [6.45, 7) is 1.71. The number of carboxylic acids is 1. The van der Waals surface area contributed by atoms with Crippen LogP contribution in [0.15, 0.2) is 18.2 Å². The Morgan fingerprint density at radius 2 is 2.00 bits per heavy atom. The number of carboxylic acid groups (broad SMARTS) is 1. The summed E-state index contributed by atoms with van der Waals surface area (Å²) < 4.78 is 0. The smallest absolute Gasteiger partial charge is 0.354 e. The largest absolute Gasteiger partial charge is 0.477 e. The Hall–Kier alpha value is -1.62. The van der Waals surface area contributed by atoms with Gasteiger partial charge in [-0.1, -0.05) is 6.07 Å². The Morgan fingerprint density at radius 3 is 2.56 bits per heavy atom. The number of aromatic nitrogens is 1. The third-order valence-corrected chi connectivity index (χ3v) is 2.23. The lowest BCUT2D eigenvalue weighted by Crippen LogP contribution is -2.29. The zero-order valence-electron chi connectivity index (χ0n) is 9.84. The van der Waals surface area contributed by atoms with Crippen molar-refractivity contribution in [3.05, 3.63) is 23.9 Å². The molecule has 5 nitrogen and oxygen atoms in total. The monoisotopic (exact) mass is 223 g/mol. The highest BCUT2D eigenvalue weighted by atomic mass is 16.4. The van der Waals surface area contributed by atoms with Crippen molar-refractivity contribution in [2.45, 2.75) is 0 Å². The molecule has 5 heteroatoms. The minimum atomic E-state index is -0.997. The molecule has 1 N–H and O–H groups in total. The molecule has 0 aliphatic carbocycles. The molecular formula is C11H17N3O2. The molecule has 0 radical (unpaired) electrons. The predicted molar refractivity (Wildman–Crippen MR) is 63.0 cm³/mol. The minimum Gasteiger partial charge on any atom is -0.477 e. The highest BCUT2D eigenvalue weighted by molar-refractivity contribution is 5.85. The fourth-order valence-electron chi connectivity index (χ4n) is 1.22. The van der Waals surface area contributed by atoms with Crippen molar-refractivity contribution in [1.29, 1.82) is 0 Å². The van der Waals surface area contributed by atoms with Gasteiger partial charge in [0, 0.05) is 20.1 Å². The van der Waals surface area contributed by atoms with Crippen LogP contribution in [-0.2, 0) is 0 Å². The van der Waals surface area contributed by atoms with E-state index >= 15 is 0 Å². The van der Waals surface area contributed by atoms with Crippen LogP contribution in [0.5, 0.6) is 0 Å². The van der Waals surface area contributed by atoms with Gasteiger partial charge >= 0.3 is 5.97 Å². The van der Waals surface area contributed by atoms with Crippen LogP contribution < -0.4 is 4.90 Å². The van der Waals surface area contributed by atoms with Crippen LogP contribution >= 0.6 is 0 Å². The Labute approximate surface area is 95.3 Å². The molecule has 0 atom stereocenters. The first-order chi connectivity index (χ1) is 7.50. The molecule has 1 rings (SSSR count). The summed E-state index contributed by atoms with van der Waals surface area (Å²) in [6.07, 6.45) is 0. The SMILES string of the molecule is CN(C)CCN(C)c1cccc(C(=O)O)n1. The number of hydrogen-bond acceptors (Lipinski definition) is 4. The second kappa shape index (κ2) is 5.46. The molecule has 1 heterocycles. The van der Waals surface area contributed by atoms with E-state index in [4.69, 9.17) is 5.11 Å². The van der Waals surface area contributed by atoms with Crippen molar-refractivity contribution in [2.24, 2.45) is 0 Å². The van der Waals surface area contributed by atoms with Gasteiger partial charge in [0.15, 0.2) is 5.69 Å². The van der Waals surface area contributed by atoms with Gasteiger partial charge in [-0.05, 0) is 26.2 Å². The van der Waals surface area contributed by atoms with E-state index in [2.05, 4.69) is 9.88 Å². The van der Waals surface area contributed by atoms with Gasteiger partial charge in [0.05, 0.1) is 0 Å². The first-order valence-electron chi connectivity index (χ1n) is 5.07. The van der Waals surface area contributed by atoms with E-state index in [0.29, 0.717) is 5.82 Å². The molecule has 0 aliphatic heterocycles. The lowest BCUT2D eigenvalue weighted by atomic mass is 10.3. The number of aromatic carboxylic acids is 1. The first-order valence-corrected chi connectivity index (χ1v) is 5.07. The van der Waals surface area contributed by atoms with E-state index in [9.17, 15) is 4.79 Å². The van der Waals surface area contributed by atoms with Gasteiger partial charge in [-0.2, -0.15) is 0 Å². The molecule has 0 amide bonds. The zero-order chi connectivity index (χ0) is 12.1. The maximum absolute atomic E-state index is 10.8. The molecular weight excluding hydrogens is 206 g/mol. The summed E-state index contributed by atoms with van der Waals surface area (Å²) in [5, 5.41) is 8.82. The number of anilines is 1. The fraction of sp³-hybridized carbons (Fsp3) is 0.455. The van der Waals surface area contributed by atoms with E-state index in [1.807, 2.05) is 32.1 Å². The molecule has 88 valence electrons. The standard InChI is InChI=1S/C11H17N3O2/c1-13(2)7-8-14(3)10-6-4-5-9(12-10)11(15)16/h4-6H,7-8H2,1-3H3,(H,15,16). The number of rotatable bonds is 5. The summed E-state index contributed by atoms with van der Waals surface area (Å²) in [7, 11) is 5.89. The maximum atomic E-state index is 10.8. The molecule has 1 aromatic rings. The molecule has 1 aromatic heterocycles. The summed E-state index contributed by atoms with van der Waals surface area (Å²) in [5.41, 5.74) is 0.0780. The normalized spacial score (nSPS) is 10.5. The van der Waals surface area contributed by atoms with Crippen molar-refractivity contribution in [3.63, 3.8) is 0 Å². The number of likely N-dealkylation sites (N-methyl/N-ethyl adjacent to an activating group) is 2. The van der Waals surface area contributed by atoms with Crippen molar-refractivity contribution in [1.82, 2.24) is 9.88 Å². The Morgan fingerprint density at radius 1 is 1.31 bits per heavy atom. The molecule has 0 aliphatic rings. The molecule has 0 bridgehead atoms. The van der Waals surface area contributed by atoms with Crippen LogP contribution in [0.2, 0.25) is 0 Å². The number of pyridine rings is 1. The highest BCUT2D eigenvalue weighted by Gasteiger charge is 2.07. The van der Waals surface area contributed by atoms with E-state index in [0.717, 1.165) is 13.1 Å². The molecule has 16 heavy (non-hydrogen) atoms. The number of carbonyl (C=O) groups is 1. The van der Waals surface area contributed by atoms with Gasteiger partial charge in [-0.25, -0.2) is 9.78 Å². The van der Waals surface area contributed by atoms with E-state index < -0.39 is 5.97 Å². The molecule has 0 unspecified atom stereocenters. The third-order valence-electron chi connectivity index (χ3n) is 2.23. The van der Waals surface area contributed by atoms with Gasteiger partial charge in [-0.15, -0.1) is 0 Å². The first kappa shape index (κ1) is 12.4. The average Bonchev–Trinajstić information content (AvgIpc) is 2.26. The lowest BCUT2D eigenvalue weighted by Gasteiger charge is -2.20. The van der Waals surface area contributed by atoms with Crippen LogP contribution in [0.25, 0.3) is 0 Å². The molecule has 0 fully saturated rings. The van der Waals surface area contributed by atoms with Gasteiger partial charge in [0.25, 0.3) is 0 Å². The number of nitrogens with zero attached hydrogens (tertiary/aromatic N) is 3. The molecule has 0 saturated carbocycles. The summed E-state index contributed by atoms with van der Waals surface area (Å²) in [5.74, 6) is -0.315. The van der Waals surface area contributed by atoms with Gasteiger partial charge in [-0.3, -0.25) is 0 Å². The molecule has 0 saturated heterocycles. The van der Waals surface area contributed by atoms with Crippen LogP contribution in [-0.4, -0.2) is 55.2 Å². The van der Waals surface area contributed by atoms with Gasteiger partial charge < -0.3 is 14.9 Å². The summed E-state index contributed by atoms with van der Waals surface area (Å²) in [4.78, 5) is 18.8. The van der Waals surface area contributed by atoms with Crippen molar-refractivity contribution in [3.8, 4) is 0 Å². The predicted octanol–water partition coefficient (Wildman–Crippen LogP) is 0.778. The minimum absolute atomic E-state index is 0.0780. The summed E-state index contributed by atoms with van der Waals surface area (Å²) in [6, 6.07) is 5.01. The number of hydrogen-bond donors (Lipinski definition) is 1. The highest BCUT2D eigenvalue weighted by Crippen LogP contribution is 2.09. The van der Waals surface area contributed by atoms with E-state index in [1.165, 1.54) is 6.07 Å². The van der Waals surface area contributed by atoms with Crippen LogP contribution in [0.1, 0.15) is 10.5 Å².